The molecule has 0 aliphatic carbocycles. The highest BCUT2D eigenvalue weighted by atomic mass is 28.4. The van der Waals surface area contributed by atoms with Gasteiger partial charge in [-0.3, -0.25) is 4.98 Å². The van der Waals surface area contributed by atoms with E-state index in [1.807, 2.05) is 13.0 Å². The highest BCUT2D eigenvalue weighted by molar-refractivity contribution is 6.74. The quantitative estimate of drug-likeness (QED) is 0.841. The van der Waals surface area contributed by atoms with E-state index in [0.717, 1.165) is 11.3 Å². The Labute approximate surface area is 105 Å². The van der Waals surface area contributed by atoms with Crippen LogP contribution in [0, 0.1) is 6.92 Å². The van der Waals surface area contributed by atoms with E-state index in [1.165, 1.54) is 0 Å². The van der Waals surface area contributed by atoms with Crippen LogP contribution < -0.4 is 4.43 Å². The minimum atomic E-state index is -1.82. The fraction of sp³-hybridized carbons (Fsp3) is 0.615. The molecule has 3 nitrogen and oxygen atoms in total. The van der Waals surface area contributed by atoms with Crippen LogP contribution in [0.5, 0.6) is 5.75 Å². The van der Waals surface area contributed by atoms with Gasteiger partial charge in [0.05, 0.1) is 12.3 Å². The van der Waals surface area contributed by atoms with Crippen LogP contribution in [-0.4, -0.2) is 18.4 Å². The lowest BCUT2D eigenvalue weighted by Crippen LogP contribution is -2.44. The van der Waals surface area contributed by atoms with Crippen LogP contribution in [-0.2, 0) is 6.61 Å². The minimum Gasteiger partial charge on any atom is -0.543 e. The average Bonchev–Trinajstić information content (AvgIpc) is 2.19. The van der Waals surface area contributed by atoms with Crippen LogP contribution in [0.3, 0.4) is 0 Å². The summed E-state index contributed by atoms with van der Waals surface area (Å²) in [5.41, 5.74) is 1.64. The molecule has 0 amide bonds. The van der Waals surface area contributed by atoms with E-state index in [0.29, 0.717) is 5.69 Å². The second-order valence-electron chi connectivity index (χ2n) is 5.90. The molecular formula is C13H23NO2Si. The van der Waals surface area contributed by atoms with Gasteiger partial charge in [-0.05, 0) is 31.1 Å². The third kappa shape index (κ3) is 3.07. The Kier molecular flexibility index (Phi) is 3.99. The molecule has 17 heavy (non-hydrogen) atoms. The van der Waals surface area contributed by atoms with Gasteiger partial charge in [0.15, 0.2) is 0 Å². The van der Waals surface area contributed by atoms with E-state index in [9.17, 15) is 5.11 Å². The van der Waals surface area contributed by atoms with Crippen molar-refractivity contribution in [2.75, 3.05) is 0 Å². The number of aliphatic hydroxyl groups excluding tert-OH is 1. The summed E-state index contributed by atoms with van der Waals surface area (Å²) in [5, 5.41) is 9.36. The maximum absolute atomic E-state index is 9.19. The molecule has 1 aromatic rings. The predicted octanol–water partition coefficient (Wildman–Crippen LogP) is 3.27. The van der Waals surface area contributed by atoms with Gasteiger partial charge in [-0.15, -0.1) is 0 Å². The summed E-state index contributed by atoms with van der Waals surface area (Å²) in [6.45, 7) is 13.0. The standard InChI is InChI=1S/C13H23NO2Si/c1-10-11(9-15)14-8-7-12(10)16-17(5,6)13(2,3)4/h7-8,15H,9H2,1-6H3. The van der Waals surface area contributed by atoms with Crippen molar-refractivity contribution in [1.29, 1.82) is 0 Å². The first-order valence-electron chi connectivity index (χ1n) is 5.93. The molecule has 0 atom stereocenters. The van der Waals surface area contributed by atoms with E-state index >= 15 is 0 Å². The first-order valence-corrected chi connectivity index (χ1v) is 8.84. The van der Waals surface area contributed by atoms with Crippen LogP contribution in [0.25, 0.3) is 0 Å². The largest absolute Gasteiger partial charge is 0.543 e. The lowest BCUT2D eigenvalue weighted by atomic mass is 10.2. The molecule has 0 aliphatic heterocycles. The number of rotatable bonds is 3. The number of aromatic nitrogens is 1. The van der Waals surface area contributed by atoms with E-state index in [1.54, 1.807) is 6.20 Å². The zero-order valence-corrected chi connectivity index (χ0v) is 12.7. The monoisotopic (exact) mass is 253 g/mol. The second-order valence-corrected chi connectivity index (χ2v) is 10.6. The number of hydrogen-bond acceptors (Lipinski definition) is 3. The van der Waals surface area contributed by atoms with Crippen LogP contribution in [0.1, 0.15) is 32.0 Å². The number of aliphatic hydroxyl groups is 1. The van der Waals surface area contributed by atoms with E-state index in [4.69, 9.17) is 4.43 Å². The molecule has 1 aromatic heterocycles. The topological polar surface area (TPSA) is 42.4 Å². The van der Waals surface area contributed by atoms with Crippen molar-refractivity contribution in [1.82, 2.24) is 4.98 Å². The molecule has 1 N–H and O–H groups in total. The zero-order chi connectivity index (χ0) is 13.3. The predicted molar refractivity (Wildman–Crippen MR) is 72.7 cm³/mol. The molecule has 96 valence electrons. The van der Waals surface area contributed by atoms with Crippen LogP contribution >= 0.6 is 0 Å². The van der Waals surface area contributed by atoms with Crippen LogP contribution in [0.15, 0.2) is 12.3 Å². The summed E-state index contributed by atoms with van der Waals surface area (Å²) in [6, 6.07) is 1.88. The van der Waals surface area contributed by atoms with Gasteiger partial charge in [-0.2, -0.15) is 0 Å². The van der Waals surface area contributed by atoms with Crippen LogP contribution in [0.2, 0.25) is 18.1 Å². The maximum Gasteiger partial charge on any atom is 0.250 e. The van der Waals surface area contributed by atoms with Gasteiger partial charge in [0.1, 0.15) is 5.75 Å². The highest BCUT2D eigenvalue weighted by Gasteiger charge is 2.39. The Morgan fingerprint density at radius 2 is 1.94 bits per heavy atom. The molecular weight excluding hydrogens is 230 g/mol. The molecule has 0 saturated carbocycles. The molecule has 0 aliphatic rings. The fourth-order valence-electron chi connectivity index (χ4n) is 1.26. The van der Waals surface area contributed by atoms with E-state index in [-0.39, 0.29) is 11.6 Å². The lowest BCUT2D eigenvalue weighted by Gasteiger charge is -2.37. The summed E-state index contributed by atoms with van der Waals surface area (Å²) in [5.74, 6) is 0.857. The van der Waals surface area contributed by atoms with Crippen molar-refractivity contribution in [3.05, 3.63) is 23.5 Å². The van der Waals surface area contributed by atoms with Gasteiger partial charge in [-0.1, -0.05) is 20.8 Å². The van der Waals surface area contributed by atoms with Crippen molar-refractivity contribution in [3.63, 3.8) is 0 Å². The minimum absolute atomic E-state index is 0.0411. The third-order valence-corrected chi connectivity index (χ3v) is 7.92. The summed E-state index contributed by atoms with van der Waals surface area (Å²) in [7, 11) is -1.82. The second kappa shape index (κ2) is 4.78. The molecule has 0 saturated heterocycles. The molecule has 0 bridgehead atoms. The molecule has 1 rings (SSSR count). The lowest BCUT2D eigenvalue weighted by molar-refractivity contribution is 0.275. The van der Waals surface area contributed by atoms with Gasteiger partial charge in [-0.25, -0.2) is 0 Å². The first-order chi connectivity index (χ1) is 7.69. The third-order valence-electron chi connectivity index (χ3n) is 3.58. The molecule has 0 radical (unpaired) electrons. The normalized spacial score (nSPS) is 12.6. The number of pyridine rings is 1. The molecule has 0 aromatic carbocycles. The highest BCUT2D eigenvalue weighted by Crippen LogP contribution is 2.38. The Balaban J connectivity index is 3.04. The van der Waals surface area contributed by atoms with E-state index < -0.39 is 8.32 Å². The molecule has 0 fully saturated rings. The van der Waals surface area contributed by atoms with Gasteiger partial charge >= 0.3 is 0 Å². The van der Waals surface area contributed by atoms with E-state index in [2.05, 4.69) is 38.8 Å². The van der Waals surface area contributed by atoms with Gasteiger partial charge in [0, 0.05) is 11.8 Å². The molecule has 1 heterocycles. The fourth-order valence-corrected chi connectivity index (χ4v) is 2.33. The molecule has 0 unspecified atom stereocenters. The maximum atomic E-state index is 9.19. The van der Waals surface area contributed by atoms with Gasteiger partial charge < -0.3 is 9.53 Å². The Morgan fingerprint density at radius 1 is 1.35 bits per heavy atom. The summed E-state index contributed by atoms with van der Waals surface area (Å²) in [6.07, 6.45) is 1.70. The summed E-state index contributed by atoms with van der Waals surface area (Å²) in [4.78, 5) is 4.14. The molecule has 0 spiro atoms. The Morgan fingerprint density at radius 3 is 2.41 bits per heavy atom. The van der Waals surface area contributed by atoms with Gasteiger partial charge in [0.25, 0.3) is 0 Å². The Hall–Kier alpha value is -0.873. The van der Waals surface area contributed by atoms with Crippen molar-refractivity contribution in [2.45, 2.75) is 52.4 Å². The summed E-state index contributed by atoms with van der Waals surface area (Å²) >= 11 is 0. The average molecular weight is 253 g/mol. The Bertz CT molecular complexity index is 397. The smallest absolute Gasteiger partial charge is 0.250 e. The number of nitrogens with zero attached hydrogens (tertiary/aromatic N) is 1. The summed E-state index contributed by atoms with van der Waals surface area (Å²) < 4.78 is 6.23. The van der Waals surface area contributed by atoms with Crippen molar-refractivity contribution in [3.8, 4) is 5.75 Å². The SMILES string of the molecule is Cc1c(O[Si](C)(C)C(C)(C)C)ccnc1CO. The van der Waals surface area contributed by atoms with Crippen molar-refractivity contribution < 1.29 is 9.53 Å². The molecule has 4 heteroatoms. The van der Waals surface area contributed by atoms with Gasteiger partial charge in [0.2, 0.25) is 8.32 Å². The number of hydrogen-bond donors (Lipinski definition) is 1. The first kappa shape index (κ1) is 14.2. The zero-order valence-electron chi connectivity index (χ0n) is 11.7. The van der Waals surface area contributed by atoms with Crippen molar-refractivity contribution >= 4 is 8.32 Å². The van der Waals surface area contributed by atoms with Crippen LogP contribution in [0.4, 0.5) is 0 Å². The van der Waals surface area contributed by atoms with Crippen molar-refractivity contribution in [2.24, 2.45) is 0 Å².